The molecule has 2 fully saturated rings. The number of anilines is 1. The van der Waals surface area contributed by atoms with Crippen molar-refractivity contribution in [3.05, 3.63) is 59.7 Å². The number of carbonyl (C=O) groups is 1. The minimum absolute atomic E-state index is 0.206. The second kappa shape index (κ2) is 10.7. The highest BCUT2D eigenvalue weighted by atomic mass is 32.2. The first-order chi connectivity index (χ1) is 15.9. The van der Waals surface area contributed by atoms with Gasteiger partial charge in [0.1, 0.15) is 0 Å². The van der Waals surface area contributed by atoms with Crippen LogP contribution in [0.5, 0.6) is 0 Å². The number of piperidine rings is 1. The van der Waals surface area contributed by atoms with Crippen molar-refractivity contribution in [1.82, 2.24) is 14.5 Å². The van der Waals surface area contributed by atoms with Gasteiger partial charge in [-0.15, -0.1) is 0 Å². The van der Waals surface area contributed by atoms with E-state index in [1.54, 1.807) is 12.1 Å². The van der Waals surface area contributed by atoms with Gasteiger partial charge in [-0.3, -0.25) is 9.69 Å². The predicted molar refractivity (Wildman–Crippen MR) is 131 cm³/mol. The molecule has 0 radical (unpaired) electrons. The molecule has 178 valence electrons. The fraction of sp³-hybridized carbons (Fsp3) is 0.480. The van der Waals surface area contributed by atoms with Gasteiger partial charge in [0.25, 0.3) is 5.91 Å². The van der Waals surface area contributed by atoms with Crippen LogP contribution in [0.15, 0.2) is 53.4 Å². The summed E-state index contributed by atoms with van der Waals surface area (Å²) in [7, 11) is -3.56. The van der Waals surface area contributed by atoms with E-state index in [1.165, 1.54) is 16.1 Å². The number of rotatable bonds is 7. The molecule has 2 aromatic rings. The molecule has 2 aliphatic rings. The SMILES string of the molecule is Cc1ccc(S(=O)(=O)N2CCCCC2)cc1C(=O)NCCN1CCN(c2ccccc2)CC1. The highest BCUT2D eigenvalue weighted by molar-refractivity contribution is 7.89. The van der Waals surface area contributed by atoms with Crippen LogP contribution in [0.3, 0.4) is 0 Å². The molecular formula is C25H34N4O3S. The summed E-state index contributed by atoms with van der Waals surface area (Å²) in [6, 6.07) is 15.3. The van der Waals surface area contributed by atoms with Crippen molar-refractivity contribution < 1.29 is 13.2 Å². The lowest BCUT2D eigenvalue weighted by atomic mass is 10.1. The highest BCUT2D eigenvalue weighted by Crippen LogP contribution is 2.23. The summed E-state index contributed by atoms with van der Waals surface area (Å²) in [6.45, 7) is 8.09. The molecule has 0 bridgehead atoms. The standard InChI is InChI=1S/C25H34N4O3S/c1-21-10-11-23(33(31,32)29-13-6-3-7-14-29)20-24(21)25(30)26-12-15-27-16-18-28(19-17-27)22-8-4-2-5-9-22/h2,4-5,8-11,20H,3,6-7,12-19H2,1H3,(H,26,30). The van der Waals surface area contributed by atoms with Gasteiger partial charge in [0.05, 0.1) is 4.90 Å². The second-order valence-electron chi connectivity index (χ2n) is 8.86. The summed E-state index contributed by atoms with van der Waals surface area (Å²) >= 11 is 0. The minimum atomic E-state index is -3.56. The van der Waals surface area contributed by atoms with E-state index in [9.17, 15) is 13.2 Å². The van der Waals surface area contributed by atoms with Crippen LogP contribution in [-0.2, 0) is 10.0 Å². The fourth-order valence-corrected chi connectivity index (χ4v) is 6.10. The molecule has 1 N–H and O–H groups in total. The lowest BCUT2D eigenvalue weighted by molar-refractivity contribution is 0.0947. The number of nitrogens with one attached hydrogen (secondary N) is 1. The van der Waals surface area contributed by atoms with Crippen molar-refractivity contribution in [2.45, 2.75) is 31.1 Å². The Labute approximate surface area is 197 Å². The third-order valence-corrected chi connectivity index (χ3v) is 8.51. The Morgan fingerprint density at radius 1 is 0.909 bits per heavy atom. The largest absolute Gasteiger partial charge is 0.369 e. The predicted octanol–water partition coefficient (Wildman–Crippen LogP) is 2.72. The van der Waals surface area contributed by atoms with E-state index in [2.05, 4.69) is 39.4 Å². The normalized spacial score (nSPS) is 18.3. The van der Waals surface area contributed by atoms with E-state index in [0.29, 0.717) is 25.2 Å². The van der Waals surface area contributed by atoms with E-state index in [0.717, 1.165) is 57.5 Å². The fourth-order valence-electron chi connectivity index (χ4n) is 4.55. The summed E-state index contributed by atoms with van der Waals surface area (Å²) in [5.41, 5.74) is 2.46. The maximum absolute atomic E-state index is 13.0. The van der Waals surface area contributed by atoms with Crippen molar-refractivity contribution >= 4 is 21.6 Å². The minimum Gasteiger partial charge on any atom is -0.369 e. The van der Waals surface area contributed by atoms with Crippen molar-refractivity contribution in [1.29, 1.82) is 0 Å². The molecule has 2 aromatic carbocycles. The zero-order valence-corrected chi connectivity index (χ0v) is 20.2. The molecule has 0 unspecified atom stereocenters. The third-order valence-electron chi connectivity index (χ3n) is 6.61. The summed E-state index contributed by atoms with van der Waals surface area (Å²) < 4.78 is 27.6. The third kappa shape index (κ3) is 5.75. The summed E-state index contributed by atoms with van der Waals surface area (Å²) in [6.07, 6.45) is 2.84. The average molecular weight is 471 g/mol. The van der Waals surface area contributed by atoms with Gasteiger partial charge in [-0.2, -0.15) is 4.31 Å². The van der Waals surface area contributed by atoms with Gasteiger partial charge in [0.15, 0.2) is 0 Å². The van der Waals surface area contributed by atoms with E-state index in [-0.39, 0.29) is 10.8 Å². The molecule has 2 saturated heterocycles. The van der Waals surface area contributed by atoms with Gasteiger partial charge >= 0.3 is 0 Å². The molecule has 2 aliphatic heterocycles. The van der Waals surface area contributed by atoms with Crippen LogP contribution >= 0.6 is 0 Å². The molecule has 8 heteroatoms. The lowest BCUT2D eigenvalue weighted by Gasteiger charge is -2.36. The summed E-state index contributed by atoms with van der Waals surface area (Å²) in [4.78, 5) is 17.8. The number of aryl methyl sites for hydroxylation is 1. The van der Waals surface area contributed by atoms with E-state index in [1.807, 2.05) is 13.0 Å². The maximum atomic E-state index is 13.0. The molecule has 33 heavy (non-hydrogen) atoms. The molecule has 1 amide bonds. The molecule has 0 saturated carbocycles. The highest BCUT2D eigenvalue weighted by Gasteiger charge is 2.27. The number of nitrogens with zero attached hydrogens (tertiary/aromatic N) is 3. The van der Waals surface area contributed by atoms with Crippen molar-refractivity contribution in [2.75, 3.05) is 57.3 Å². The van der Waals surface area contributed by atoms with Gasteiger partial charge in [-0.05, 0) is 49.6 Å². The number of carbonyl (C=O) groups excluding carboxylic acids is 1. The van der Waals surface area contributed by atoms with Crippen LogP contribution < -0.4 is 10.2 Å². The Balaban J connectivity index is 1.30. The number of hydrogen-bond acceptors (Lipinski definition) is 5. The van der Waals surface area contributed by atoms with E-state index in [4.69, 9.17) is 0 Å². The number of hydrogen-bond donors (Lipinski definition) is 1. The Kier molecular flexibility index (Phi) is 7.67. The average Bonchev–Trinajstić information content (AvgIpc) is 2.85. The van der Waals surface area contributed by atoms with Crippen LogP contribution in [0.4, 0.5) is 5.69 Å². The van der Waals surface area contributed by atoms with Crippen LogP contribution in [-0.4, -0.2) is 75.9 Å². The first-order valence-corrected chi connectivity index (χ1v) is 13.3. The molecule has 4 rings (SSSR count). The molecule has 2 heterocycles. The van der Waals surface area contributed by atoms with Gasteiger partial charge in [0.2, 0.25) is 10.0 Å². The lowest BCUT2D eigenvalue weighted by Crippen LogP contribution is -2.48. The Bertz CT molecular complexity index is 1040. The van der Waals surface area contributed by atoms with Gasteiger partial charge < -0.3 is 10.2 Å². The number of benzene rings is 2. The first-order valence-electron chi connectivity index (χ1n) is 11.9. The van der Waals surface area contributed by atoms with Crippen LogP contribution in [0, 0.1) is 6.92 Å². The number of piperazine rings is 1. The Morgan fingerprint density at radius 2 is 1.61 bits per heavy atom. The smallest absolute Gasteiger partial charge is 0.251 e. The topological polar surface area (TPSA) is 73.0 Å². The number of sulfonamides is 1. The zero-order valence-electron chi connectivity index (χ0n) is 19.4. The van der Waals surface area contributed by atoms with Gasteiger partial charge in [-0.1, -0.05) is 30.7 Å². The Hall–Kier alpha value is -2.42. The van der Waals surface area contributed by atoms with Gasteiger partial charge in [0, 0.05) is 63.6 Å². The molecule has 7 nitrogen and oxygen atoms in total. The molecular weight excluding hydrogens is 436 g/mol. The molecule has 0 aromatic heterocycles. The molecule has 0 atom stereocenters. The van der Waals surface area contributed by atoms with E-state index >= 15 is 0 Å². The summed E-state index contributed by atoms with van der Waals surface area (Å²) in [5, 5.41) is 2.99. The number of amides is 1. The number of para-hydroxylation sites is 1. The monoisotopic (exact) mass is 470 g/mol. The van der Waals surface area contributed by atoms with Crippen molar-refractivity contribution in [2.24, 2.45) is 0 Å². The zero-order chi connectivity index (χ0) is 23.3. The van der Waals surface area contributed by atoms with Crippen molar-refractivity contribution in [3.8, 4) is 0 Å². The summed E-state index contributed by atoms with van der Waals surface area (Å²) in [5.74, 6) is -0.217. The maximum Gasteiger partial charge on any atom is 0.251 e. The first kappa shape index (κ1) is 23.7. The van der Waals surface area contributed by atoms with Crippen molar-refractivity contribution in [3.63, 3.8) is 0 Å². The van der Waals surface area contributed by atoms with Crippen LogP contribution in [0.1, 0.15) is 35.2 Å². The quantitative estimate of drug-likeness (QED) is 0.674. The second-order valence-corrected chi connectivity index (χ2v) is 10.8. The molecule has 0 spiro atoms. The van der Waals surface area contributed by atoms with Crippen LogP contribution in [0.25, 0.3) is 0 Å². The van der Waals surface area contributed by atoms with Gasteiger partial charge in [-0.25, -0.2) is 8.42 Å². The molecule has 0 aliphatic carbocycles. The van der Waals surface area contributed by atoms with Crippen LogP contribution in [0.2, 0.25) is 0 Å². The Morgan fingerprint density at radius 3 is 2.30 bits per heavy atom. The van der Waals surface area contributed by atoms with E-state index < -0.39 is 10.0 Å².